The summed E-state index contributed by atoms with van der Waals surface area (Å²) in [5.41, 5.74) is 4.34. The van der Waals surface area contributed by atoms with Gasteiger partial charge in [0.1, 0.15) is 0 Å². The Kier molecular flexibility index (Phi) is 3.25. The van der Waals surface area contributed by atoms with Gasteiger partial charge in [0.15, 0.2) is 0 Å². The van der Waals surface area contributed by atoms with Crippen molar-refractivity contribution in [2.24, 2.45) is 0 Å². The fourth-order valence-corrected chi connectivity index (χ4v) is 4.26. The Morgan fingerprint density at radius 2 is 1.67 bits per heavy atom. The molecule has 0 spiro atoms. The highest BCUT2D eigenvalue weighted by atomic mass is 35.5. The highest BCUT2D eigenvalue weighted by molar-refractivity contribution is 6.42. The molecule has 0 aliphatic carbocycles. The molecular formula is C18H17Cl2N. The van der Waals surface area contributed by atoms with E-state index in [-0.39, 0.29) is 5.41 Å². The van der Waals surface area contributed by atoms with Crippen molar-refractivity contribution in [3.8, 4) is 0 Å². The molecule has 1 nitrogen and oxygen atoms in total. The molecule has 3 aliphatic rings. The summed E-state index contributed by atoms with van der Waals surface area (Å²) in [6.45, 7) is 3.36. The van der Waals surface area contributed by atoms with Gasteiger partial charge < -0.3 is 0 Å². The normalized spacial score (nSPS) is 27.2. The lowest BCUT2D eigenvalue weighted by molar-refractivity contribution is 0.190. The number of hydrogen-bond donors (Lipinski definition) is 0. The Bertz CT molecular complexity index is 687. The van der Waals surface area contributed by atoms with Gasteiger partial charge in [0.2, 0.25) is 0 Å². The van der Waals surface area contributed by atoms with Gasteiger partial charge in [-0.05, 0) is 54.8 Å². The summed E-state index contributed by atoms with van der Waals surface area (Å²) >= 11 is 12.4. The van der Waals surface area contributed by atoms with E-state index in [1.807, 2.05) is 6.07 Å². The predicted molar refractivity (Wildman–Crippen MR) is 88.2 cm³/mol. The first-order valence-corrected chi connectivity index (χ1v) is 8.21. The van der Waals surface area contributed by atoms with Crippen LogP contribution in [-0.4, -0.2) is 18.0 Å². The molecule has 1 saturated heterocycles. The van der Waals surface area contributed by atoms with E-state index >= 15 is 0 Å². The third-order valence-corrected chi connectivity index (χ3v) is 5.85. The highest BCUT2D eigenvalue weighted by Gasteiger charge is 2.42. The first-order valence-electron chi connectivity index (χ1n) is 7.45. The minimum Gasteiger partial charge on any atom is -0.299 e. The molecule has 2 aromatic rings. The Balaban J connectivity index is 1.94. The third-order valence-electron chi connectivity index (χ3n) is 5.11. The second-order valence-electron chi connectivity index (χ2n) is 6.14. The predicted octanol–water partition coefficient (Wildman–Crippen LogP) is 4.89. The number of rotatable bonds is 1. The summed E-state index contributed by atoms with van der Waals surface area (Å²) in [4.78, 5) is 2.56. The van der Waals surface area contributed by atoms with Gasteiger partial charge in [0.05, 0.1) is 10.0 Å². The first kappa shape index (κ1) is 13.6. The second-order valence-corrected chi connectivity index (χ2v) is 6.96. The van der Waals surface area contributed by atoms with Gasteiger partial charge in [-0.3, -0.25) is 4.90 Å². The van der Waals surface area contributed by atoms with Crippen molar-refractivity contribution in [3.63, 3.8) is 0 Å². The third kappa shape index (κ3) is 2.11. The van der Waals surface area contributed by atoms with Crippen molar-refractivity contribution in [3.05, 3.63) is 69.2 Å². The van der Waals surface area contributed by atoms with E-state index in [1.54, 1.807) is 0 Å². The van der Waals surface area contributed by atoms with Crippen molar-refractivity contribution in [1.29, 1.82) is 0 Å². The molecule has 3 heteroatoms. The molecule has 21 heavy (non-hydrogen) atoms. The molecule has 108 valence electrons. The van der Waals surface area contributed by atoms with Crippen LogP contribution < -0.4 is 0 Å². The molecule has 0 atom stereocenters. The fraction of sp³-hybridized carbons (Fsp3) is 0.333. The van der Waals surface area contributed by atoms with Gasteiger partial charge in [-0.25, -0.2) is 0 Å². The first-order chi connectivity index (χ1) is 10.2. The van der Waals surface area contributed by atoms with Crippen LogP contribution in [0.4, 0.5) is 0 Å². The van der Waals surface area contributed by atoms with E-state index in [4.69, 9.17) is 23.2 Å². The van der Waals surface area contributed by atoms with Crippen molar-refractivity contribution < 1.29 is 0 Å². The number of hydrogen-bond acceptors (Lipinski definition) is 1. The topological polar surface area (TPSA) is 3.24 Å². The molecule has 1 fully saturated rings. The second kappa shape index (κ2) is 5.01. The number of benzene rings is 2. The average Bonchev–Trinajstić information content (AvgIpc) is 2.77. The van der Waals surface area contributed by atoms with E-state index in [0.29, 0.717) is 10.0 Å². The minimum absolute atomic E-state index is 0.0951. The zero-order valence-corrected chi connectivity index (χ0v) is 13.3. The zero-order valence-electron chi connectivity index (χ0n) is 11.8. The average molecular weight is 318 g/mol. The minimum atomic E-state index is 0.0951. The number of piperidine rings is 1. The van der Waals surface area contributed by atoms with Gasteiger partial charge in [0, 0.05) is 12.0 Å². The Morgan fingerprint density at radius 3 is 2.43 bits per heavy atom. The van der Waals surface area contributed by atoms with Crippen LogP contribution in [0.25, 0.3) is 0 Å². The highest BCUT2D eigenvalue weighted by Crippen LogP contribution is 2.47. The molecule has 0 aromatic heterocycles. The quantitative estimate of drug-likeness (QED) is 0.724. The molecule has 0 radical (unpaired) electrons. The van der Waals surface area contributed by atoms with Crippen molar-refractivity contribution in [1.82, 2.24) is 4.90 Å². The van der Waals surface area contributed by atoms with Crippen LogP contribution in [0.2, 0.25) is 10.0 Å². The monoisotopic (exact) mass is 317 g/mol. The zero-order chi connectivity index (χ0) is 14.4. The molecule has 0 amide bonds. The largest absolute Gasteiger partial charge is 0.299 e. The Hall–Kier alpha value is -1.02. The lowest BCUT2D eigenvalue weighted by Gasteiger charge is -2.39. The molecule has 3 heterocycles. The Morgan fingerprint density at radius 1 is 0.905 bits per heavy atom. The van der Waals surface area contributed by atoms with E-state index in [9.17, 15) is 0 Å². The summed E-state index contributed by atoms with van der Waals surface area (Å²) < 4.78 is 0. The van der Waals surface area contributed by atoms with Gasteiger partial charge in [-0.1, -0.05) is 53.5 Å². The van der Waals surface area contributed by atoms with E-state index in [1.165, 1.54) is 16.7 Å². The summed E-state index contributed by atoms with van der Waals surface area (Å²) in [6.07, 6.45) is 2.31. The molecular weight excluding hydrogens is 301 g/mol. The molecule has 2 bridgehead atoms. The summed E-state index contributed by atoms with van der Waals surface area (Å²) in [7, 11) is 0. The fourth-order valence-electron chi connectivity index (χ4n) is 3.97. The lowest BCUT2D eigenvalue weighted by atomic mass is 9.68. The van der Waals surface area contributed by atoms with E-state index in [0.717, 1.165) is 32.5 Å². The van der Waals surface area contributed by atoms with E-state index < -0.39 is 0 Å². The van der Waals surface area contributed by atoms with Crippen LogP contribution in [0, 0.1) is 0 Å². The van der Waals surface area contributed by atoms with Gasteiger partial charge in [0.25, 0.3) is 0 Å². The van der Waals surface area contributed by atoms with Crippen LogP contribution >= 0.6 is 23.2 Å². The SMILES string of the molecule is Clc1ccc(C23CCN(CC2)Cc2ccccc23)cc1Cl. The van der Waals surface area contributed by atoms with Gasteiger partial charge >= 0.3 is 0 Å². The van der Waals surface area contributed by atoms with Crippen molar-refractivity contribution >= 4 is 23.2 Å². The summed E-state index contributed by atoms with van der Waals surface area (Å²) in [5, 5.41) is 1.30. The standard InChI is InChI=1S/C18H17Cl2N/c19-16-6-5-14(11-17(16)20)18-7-9-21(10-8-18)12-13-3-1-2-4-15(13)18/h1-6,11H,7-10,12H2. The maximum absolute atomic E-state index is 6.29. The number of fused-ring (bicyclic) bond motifs is 2. The van der Waals surface area contributed by atoms with Crippen LogP contribution in [-0.2, 0) is 12.0 Å². The molecule has 0 N–H and O–H groups in total. The van der Waals surface area contributed by atoms with Gasteiger partial charge in [-0.15, -0.1) is 0 Å². The Labute approximate surface area is 135 Å². The maximum Gasteiger partial charge on any atom is 0.0595 e. The van der Waals surface area contributed by atoms with E-state index in [2.05, 4.69) is 41.3 Å². The smallest absolute Gasteiger partial charge is 0.0595 e. The summed E-state index contributed by atoms with van der Waals surface area (Å²) in [6, 6.07) is 15.0. The summed E-state index contributed by atoms with van der Waals surface area (Å²) in [5.74, 6) is 0. The lowest BCUT2D eigenvalue weighted by Crippen LogP contribution is -2.39. The number of nitrogens with zero attached hydrogens (tertiary/aromatic N) is 1. The van der Waals surface area contributed by atoms with Gasteiger partial charge in [-0.2, -0.15) is 0 Å². The maximum atomic E-state index is 6.29. The molecule has 0 saturated carbocycles. The molecule has 3 aliphatic heterocycles. The van der Waals surface area contributed by atoms with Crippen LogP contribution in [0.3, 0.4) is 0 Å². The van der Waals surface area contributed by atoms with Crippen LogP contribution in [0.5, 0.6) is 0 Å². The van der Waals surface area contributed by atoms with Crippen molar-refractivity contribution in [2.45, 2.75) is 24.8 Å². The molecule has 0 unspecified atom stereocenters. The van der Waals surface area contributed by atoms with Crippen LogP contribution in [0.15, 0.2) is 42.5 Å². The molecule has 2 aromatic carbocycles. The van der Waals surface area contributed by atoms with Crippen molar-refractivity contribution in [2.75, 3.05) is 13.1 Å². The molecule has 5 rings (SSSR count). The number of halogens is 2. The van der Waals surface area contributed by atoms with Crippen LogP contribution in [0.1, 0.15) is 29.5 Å².